The van der Waals surface area contributed by atoms with Gasteiger partial charge in [-0.2, -0.15) is 0 Å². The molecule has 0 aromatic rings. The Bertz CT molecular complexity index is 859. The van der Waals surface area contributed by atoms with E-state index >= 15 is 0 Å². The smallest absolute Gasteiger partial charge is 0.191 e. The lowest BCUT2D eigenvalue weighted by Crippen LogP contribution is -2.66. The minimum atomic E-state index is -1.01. The number of allylic oxidation sites excluding steroid dienone is 2. The van der Waals surface area contributed by atoms with Crippen molar-refractivity contribution in [3.05, 3.63) is 23.8 Å². The van der Waals surface area contributed by atoms with Gasteiger partial charge in [-0.15, -0.1) is 0 Å². The highest BCUT2D eigenvalue weighted by atomic mass is 17.2. The molecular weight excluding hydrogens is 400 g/mol. The Kier molecular flexibility index (Phi) is 5.18. The third-order valence-corrected chi connectivity index (χ3v) is 11.0. The van der Waals surface area contributed by atoms with Crippen LogP contribution in [0.5, 0.6) is 0 Å². The first-order valence-electron chi connectivity index (χ1n) is 13.0. The first-order chi connectivity index (χ1) is 15.0. The van der Waals surface area contributed by atoms with Gasteiger partial charge >= 0.3 is 0 Å². The van der Waals surface area contributed by atoms with Crippen LogP contribution in [0.15, 0.2) is 23.8 Å². The third kappa shape index (κ3) is 2.69. The van der Waals surface area contributed by atoms with Gasteiger partial charge in [0, 0.05) is 11.8 Å². The number of hydrogen-bond donors (Lipinski definition) is 1. The van der Waals surface area contributed by atoms with E-state index in [0.29, 0.717) is 42.4 Å². The fraction of sp³-hybridized carbons (Fsp3) is 0.821. The summed E-state index contributed by atoms with van der Waals surface area (Å²) in [5.74, 6) is 2.79. The molecule has 0 unspecified atom stereocenters. The average molecular weight is 443 g/mol. The van der Waals surface area contributed by atoms with Gasteiger partial charge in [-0.1, -0.05) is 53.7 Å². The highest BCUT2D eigenvalue weighted by molar-refractivity contribution is 6.01. The van der Waals surface area contributed by atoms with Crippen molar-refractivity contribution >= 4 is 5.78 Å². The topological polar surface area (TPSA) is 55.8 Å². The van der Waals surface area contributed by atoms with Crippen LogP contribution in [0.2, 0.25) is 0 Å². The Balaban J connectivity index is 1.48. The Morgan fingerprint density at radius 1 is 1.00 bits per heavy atom. The summed E-state index contributed by atoms with van der Waals surface area (Å²) in [4.78, 5) is 25.8. The van der Waals surface area contributed by atoms with E-state index < -0.39 is 22.7 Å². The lowest BCUT2D eigenvalue weighted by Gasteiger charge is -2.58. The van der Waals surface area contributed by atoms with Crippen LogP contribution in [-0.4, -0.2) is 28.2 Å². The van der Waals surface area contributed by atoms with E-state index in [1.165, 1.54) is 12.0 Å². The van der Waals surface area contributed by atoms with Gasteiger partial charge < -0.3 is 5.11 Å². The molecule has 9 atom stereocenters. The summed E-state index contributed by atoms with van der Waals surface area (Å²) in [6.45, 7) is 13.9. The zero-order chi connectivity index (χ0) is 23.1. The molecule has 1 aliphatic heterocycles. The normalized spacial score (nSPS) is 49.6. The maximum absolute atomic E-state index is 13.6. The van der Waals surface area contributed by atoms with Crippen LogP contribution >= 0.6 is 0 Å². The van der Waals surface area contributed by atoms with Gasteiger partial charge in [0.2, 0.25) is 0 Å². The fourth-order valence-electron chi connectivity index (χ4n) is 8.35. The first kappa shape index (κ1) is 22.8. The third-order valence-electron chi connectivity index (χ3n) is 11.0. The van der Waals surface area contributed by atoms with E-state index in [9.17, 15) is 9.90 Å². The van der Waals surface area contributed by atoms with Crippen molar-refractivity contribution in [3.63, 3.8) is 0 Å². The second-order valence-corrected chi connectivity index (χ2v) is 12.6. The van der Waals surface area contributed by atoms with Gasteiger partial charge in [-0.05, 0) is 85.2 Å². The molecule has 178 valence electrons. The molecule has 4 fully saturated rings. The van der Waals surface area contributed by atoms with E-state index in [1.54, 1.807) is 0 Å². The molecule has 1 spiro atoms. The summed E-state index contributed by atoms with van der Waals surface area (Å²) < 4.78 is 0. The molecule has 3 saturated carbocycles. The Morgan fingerprint density at radius 3 is 2.44 bits per heavy atom. The number of aliphatic hydroxyl groups excluding tert-OH is 1. The van der Waals surface area contributed by atoms with E-state index in [0.717, 1.165) is 25.7 Å². The van der Waals surface area contributed by atoms with E-state index in [1.807, 2.05) is 6.08 Å². The molecule has 32 heavy (non-hydrogen) atoms. The maximum Gasteiger partial charge on any atom is 0.191 e. The van der Waals surface area contributed by atoms with Crippen LogP contribution in [-0.2, 0) is 14.6 Å². The van der Waals surface area contributed by atoms with Crippen LogP contribution in [0.1, 0.15) is 86.5 Å². The number of carbonyl (C=O) groups is 1. The molecule has 1 heterocycles. The van der Waals surface area contributed by atoms with Gasteiger partial charge in [0.25, 0.3) is 0 Å². The van der Waals surface area contributed by atoms with E-state index in [2.05, 4.69) is 53.7 Å². The quantitative estimate of drug-likeness (QED) is 0.442. The standard InChI is InChI=1S/C28H42O4/c1-17(2)18(3)7-8-19(4)21-9-10-22-23-15-24(30)28-16-20(29)11-12-26(28,6)27(23,31-32-28)14-13-25(21,22)5/h7-8,15,17-22,29H,9-14,16H2,1-6H3/b8-7+/t18-,19+,20-,21+,22-,25+,26+,27+,28-/m0/s1. The van der Waals surface area contributed by atoms with Crippen LogP contribution in [0.4, 0.5) is 0 Å². The summed E-state index contributed by atoms with van der Waals surface area (Å²) in [7, 11) is 0. The number of aliphatic hydroxyl groups is 1. The molecule has 4 heteroatoms. The lowest BCUT2D eigenvalue weighted by molar-refractivity contribution is -0.340. The molecule has 5 rings (SSSR count). The number of ketones is 1. The van der Waals surface area contributed by atoms with Crippen molar-refractivity contribution in [3.8, 4) is 0 Å². The number of carbonyl (C=O) groups excluding carboxylic acids is 1. The van der Waals surface area contributed by atoms with Crippen molar-refractivity contribution in [1.82, 2.24) is 0 Å². The van der Waals surface area contributed by atoms with Crippen molar-refractivity contribution in [1.29, 1.82) is 0 Å². The van der Waals surface area contributed by atoms with Gasteiger partial charge in [0.05, 0.1) is 6.10 Å². The first-order valence-corrected chi connectivity index (χ1v) is 13.0. The highest BCUT2D eigenvalue weighted by Crippen LogP contribution is 2.72. The van der Waals surface area contributed by atoms with E-state index in [-0.39, 0.29) is 11.2 Å². The second kappa shape index (κ2) is 7.26. The largest absolute Gasteiger partial charge is 0.393 e. The fourth-order valence-corrected chi connectivity index (χ4v) is 8.35. The molecule has 0 amide bonds. The van der Waals surface area contributed by atoms with E-state index in [4.69, 9.17) is 9.78 Å². The predicted octanol–water partition coefficient (Wildman–Crippen LogP) is 5.80. The molecule has 4 aliphatic carbocycles. The minimum Gasteiger partial charge on any atom is -0.393 e. The van der Waals surface area contributed by atoms with Gasteiger partial charge in [0.15, 0.2) is 11.4 Å². The maximum atomic E-state index is 13.6. The molecule has 1 saturated heterocycles. The molecule has 0 aromatic heterocycles. The Hall–Kier alpha value is -0.970. The second-order valence-electron chi connectivity index (χ2n) is 12.6. The SMILES string of the molecule is CC(C)[C@@H](C)/C=C/[C@@H](C)[C@H]1CC[C@H]2C3=CC(=O)[C@@]45C[C@@H](O)CC[C@]4(C)[C@]3(CC[C@]12C)OO5. The zero-order valence-corrected chi connectivity index (χ0v) is 20.8. The summed E-state index contributed by atoms with van der Waals surface area (Å²) in [6, 6.07) is 0. The van der Waals surface area contributed by atoms with Gasteiger partial charge in [0.1, 0.15) is 5.60 Å². The van der Waals surface area contributed by atoms with Gasteiger partial charge in [-0.3, -0.25) is 4.79 Å². The number of hydrogen-bond acceptors (Lipinski definition) is 4. The summed E-state index contributed by atoms with van der Waals surface area (Å²) >= 11 is 0. The zero-order valence-electron chi connectivity index (χ0n) is 20.8. The van der Waals surface area contributed by atoms with Crippen molar-refractivity contribution in [2.24, 2.45) is 40.4 Å². The molecular formula is C28H42O4. The van der Waals surface area contributed by atoms with Crippen molar-refractivity contribution in [2.75, 3.05) is 0 Å². The van der Waals surface area contributed by atoms with Crippen LogP contribution in [0.25, 0.3) is 0 Å². The highest BCUT2D eigenvalue weighted by Gasteiger charge is 2.78. The van der Waals surface area contributed by atoms with Crippen LogP contribution in [0, 0.1) is 40.4 Å². The molecule has 4 nitrogen and oxygen atoms in total. The van der Waals surface area contributed by atoms with Crippen molar-refractivity contribution in [2.45, 2.75) is 104 Å². The Morgan fingerprint density at radius 2 is 1.72 bits per heavy atom. The number of fused-ring (bicyclic) bond motifs is 2. The average Bonchev–Trinajstić information content (AvgIpc) is 3.18. The van der Waals surface area contributed by atoms with Gasteiger partial charge in [-0.25, -0.2) is 9.78 Å². The van der Waals surface area contributed by atoms with Crippen LogP contribution in [0.3, 0.4) is 0 Å². The monoisotopic (exact) mass is 442 g/mol. The molecule has 2 bridgehead atoms. The Labute approximate surface area is 193 Å². The number of rotatable bonds is 4. The predicted molar refractivity (Wildman–Crippen MR) is 125 cm³/mol. The molecule has 0 aromatic carbocycles. The summed E-state index contributed by atoms with van der Waals surface area (Å²) in [5, 5.41) is 10.4. The summed E-state index contributed by atoms with van der Waals surface area (Å²) in [6.07, 6.45) is 12.4. The molecule has 0 radical (unpaired) electrons. The molecule has 1 N–H and O–H groups in total. The summed E-state index contributed by atoms with van der Waals surface area (Å²) in [5.41, 5.74) is -0.525. The minimum absolute atomic E-state index is 0.0216. The lowest BCUT2D eigenvalue weighted by atomic mass is 9.44. The van der Waals surface area contributed by atoms with Crippen LogP contribution < -0.4 is 0 Å². The molecule has 5 aliphatic rings. The van der Waals surface area contributed by atoms with Crippen molar-refractivity contribution < 1.29 is 19.7 Å².